The highest BCUT2D eigenvalue weighted by atomic mass is 19.3. The first-order valence-electron chi connectivity index (χ1n) is 6.71. The van der Waals surface area contributed by atoms with Crippen LogP contribution in [0.2, 0.25) is 0 Å². The molecule has 2 N–H and O–H groups in total. The number of halogens is 2. The Bertz CT molecular complexity index is 571. The maximum absolute atomic E-state index is 12.0. The summed E-state index contributed by atoms with van der Waals surface area (Å²) in [7, 11) is 0. The van der Waals surface area contributed by atoms with Gasteiger partial charge in [-0.2, -0.15) is 8.78 Å². The zero-order valence-corrected chi connectivity index (χ0v) is 11.7. The minimum absolute atomic E-state index is 0.114. The topological polar surface area (TPSA) is 63.5 Å². The molecule has 0 fully saturated rings. The van der Waals surface area contributed by atoms with Crippen LogP contribution in [-0.2, 0) is 13.0 Å². The van der Waals surface area contributed by atoms with Crippen LogP contribution in [0.15, 0.2) is 47.1 Å². The smallest absolute Gasteiger partial charge is 0.387 e. The first-order valence-corrected chi connectivity index (χ1v) is 6.71. The molecule has 1 aromatic heterocycles. The third-order valence-electron chi connectivity index (χ3n) is 2.85. The molecule has 2 aromatic rings. The zero-order valence-electron chi connectivity index (χ0n) is 11.7. The number of hydrogen-bond donors (Lipinski definition) is 2. The van der Waals surface area contributed by atoms with E-state index in [4.69, 9.17) is 4.42 Å². The lowest BCUT2D eigenvalue weighted by molar-refractivity contribution is -0.0498. The van der Waals surface area contributed by atoms with Gasteiger partial charge in [0.25, 0.3) is 0 Å². The van der Waals surface area contributed by atoms with Crippen molar-refractivity contribution >= 4 is 6.03 Å². The predicted octanol–water partition coefficient (Wildman–Crippen LogP) is 2.92. The van der Waals surface area contributed by atoms with Crippen molar-refractivity contribution in [2.24, 2.45) is 0 Å². The molecule has 0 atom stereocenters. The molecule has 0 aliphatic heterocycles. The second-order valence-corrected chi connectivity index (χ2v) is 4.46. The summed E-state index contributed by atoms with van der Waals surface area (Å²) in [6.07, 6.45) is 2.12. The minimum Gasteiger partial charge on any atom is -0.467 e. The molecular formula is C15H16F2N2O3. The number of rotatable bonds is 7. The monoisotopic (exact) mass is 310 g/mol. The highest BCUT2D eigenvalue weighted by Crippen LogP contribution is 2.14. The second-order valence-electron chi connectivity index (χ2n) is 4.46. The van der Waals surface area contributed by atoms with E-state index in [1.165, 1.54) is 18.4 Å². The van der Waals surface area contributed by atoms with Gasteiger partial charge in [0, 0.05) is 6.54 Å². The number of carbonyl (C=O) groups is 1. The summed E-state index contributed by atoms with van der Waals surface area (Å²) in [4.78, 5) is 11.5. The lowest BCUT2D eigenvalue weighted by Gasteiger charge is -2.08. The molecule has 0 aliphatic rings. The van der Waals surface area contributed by atoms with Gasteiger partial charge in [0.05, 0.1) is 12.8 Å². The van der Waals surface area contributed by atoms with Crippen molar-refractivity contribution < 1.29 is 22.7 Å². The van der Waals surface area contributed by atoms with Gasteiger partial charge in [-0.25, -0.2) is 4.79 Å². The molecule has 0 spiro atoms. The molecule has 0 radical (unpaired) electrons. The quantitative estimate of drug-likeness (QED) is 0.826. The zero-order chi connectivity index (χ0) is 15.8. The summed E-state index contributed by atoms with van der Waals surface area (Å²) >= 11 is 0. The Balaban J connectivity index is 1.66. The number of ether oxygens (including phenoxy) is 1. The average molecular weight is 310 g/mol. The van der Waals surface area contributed by atoms with Crippen molar-refractivity contribution in [2.75, 3.05) is 6.54 Å². The number of alkyl halides is 2. The van der Waals surface area contributed by atoms with Crippen molar-refractivity contribution in [3.63, 3.8) is 0 Å². The second kappa shape index (κ2) is 8.02. The van der Waals surface area contributed by atoms with Crippen molar-refractivity contribution in [3.8, 4) is 5.75 Å². The predicted molar refractivity (Wildman–Crippen MR) is 75.7 cm³/mol. The Kier molecular flexibility index (Phi) is 5.76. The molecule has 1 aromatic carbocycles. The fourth-order valence-electron chi connectivity index (χ4n) is 1.80. The number of nitrogens with one attached hydrogen (secondary N) is 2. The molecule has 5 nitrogen and oxygen atoms in total. The summed E-state index contributed by atoms with van der Waals surface area (Å²) in [6.45, 7) is -2.08. The first kappa shape index (κ1) is 15.8. The van der Waals surface area contributed by atoms with Gasteiger partial charge >= 0.3 is 12.6 Å². The SMILES string of the molecule is O=C(NCCc1ccc(OC(F)F)cc1)NCc1ccco1. The number of furan rings is 1. The summed E-state index contributed by atoms with van der Waals surface area (Å²) in [5.41, 5.74) is 0.910. The first-order chi connectivity index (χ1) is 10.6. The number of urea groups is 1. The molecule has 7 heteroatoms. The van der Waals surface area contributed by atoms with Crippen LogP contribution in [0.3, 0.4) is 0 Å². The van der Waals surface area contributed by atoms with E-state index in [-0.39, 0.29) is 11.8 Å². The van der Waals surface area contributed by atoms with E-state index in [9.17, 15) is 13.6 Å². The molecule has 0 saturated heterocycles. The molecule has 0 bridgehead atoms. The summed E-state index contributed by atoms with van der Waals surface area (Å²) in [6, 6.07) is 9.52. The summed E-state index contributed by atoms with van der Waals surface area (Å²) < 4.78 is 33.4. The third-order valence-corrected chi connectivity index (χ3v) is 2.85. The normalized spacial score (nSPS) is 10.5. The average Bonchev–Trinajstić information content (AvgIpc) is 3.00. The fraction of sp³-hybridized carbons (Fsp3) is 0.267. The highest BCUT2D eigenvalue weighted by Gasteiger charge is 2.04. The van der Waals surface area contributed by atoms with Crippen LogP contribution in [0, 0.1) is 0 Å². The van der Waals surface area contributed by atoms with Crippen molar-refractivity contribution in [1.82, 2.24) is 10.6 Å². The largest absolute Gasteiger partial charge is 0.467 e. The molecule has 118 valence electrons. The number of carbonyl (C=O) groups excluding carboxylic acids is 1. The van der Waals surface area contributed by atoms with E-state index in [1.54, 1.807) is 24.3 Å². The summed E-state index contributed by atoms with van der Waals surface area (Å²) in [5, 5.41) is 5.35. The molecular weight excluding hydrogens is 294 g/mol. The van der Waals surface area contributed by atoms with Crippen LogP contribution in [0.1, 0.15) is 11.3 Å². The third kappa shape index (κ3) is 5.43. The van der Waals surface area contributed by atoms with Gasteiger partial charge in [0.2, 0.25) is 0 Å². The van der Waals surface area contributed by atoms with Gasteiger partial charge in [-0.3, -0.25) is 0 Å². The van der Waals surface area contributed by atoms with E-state index in [2.05, 4.69) is 15.4 Å². The highest BCUT2D eigenvalue weighted by molar-refractivity contribution is 5.73. The van der Waals surface area contributed by atoms with Crippen LogP contribution in [0.5, 0.6) is 5.75 Å². The molecule has 0 saturated carbocycles. The van der Waals surface area contributed by atoms with Crippen LogP contribution >= 0.6 is 0 Å². The van der Waals surface area contributed by atoms with Gasteiger partial charge in [0.15, 0.2) is 0 Å². The Labute approximate surface area is 126 Å². The standard InChI is InChI=1S/C15H16F2N2O3/c16-14(17)22-12-5-3-11(4-6-12)7-8-18-15(20)19-10-13-2-1-9-21-13/h1-6,9,14H,7-8,10H2,(H2,18,19,20). The van der Waals surface area contributed by atoms with Gasteiger partial charge in [-0.15, -0.1) is 0 Å². The van der Waals surface area contributed by atoms with Crippen LogP contribution in [0.4, 0.5) is 13.6 Å². The van der Waals surface area contributed by atoms with Gasteiger partial charge in [-0.05, 0) is 36.2 Å². The van der Waals surface area contributed by atoms with Crippen LogP contribution in [-0.4, -0.2) is 19.2 Å². The Morgan fingerprint density at radius 2 is 1.95 bits per heavy atom. The Hall–Kier alpha value is -2.57. The van der Waals surface area contributed by atoms with Gasteiger partial charge < -0.3 is 19.8 Å². The lowest BCUT2D eigenvalue weighted by Crippen LogP contribution is -2.36. The van der Waals surface area contributed by atoms with Gasteiger partial charge in [0.1, 0.15) is 11.5 Å². The lowest BCUT2D eigenvalue weighted by atomic mass is 10.1. The molecule has 2 rings (SSSR count). The van der Waals surface area contributed by atoms with Crippen molar-refractivity contribution in [3.05, 3.63) is 54.0 Å². The Morgan fingerprint density at radius 3 is 2.59 bits per heavy atom. The van der Waals surface area contributed by atoms with E-state index < -0.39 is 6.61 Å². The Morgan fingerprint density at radius 1 is 1.18 bits per heavy atom. The van der Waals surface area contributed by atoms with E-state index >= 15 is 0 Å². The van der Waals surface area contributed by atoms with E-state index in [0.717, 1.165) is 5.56 Å². The van der Waals surface area contributed by atoms with Crippen LogP contribution < -0.4 is 15.4 Å². The molecule has 0 unspecified atom stereocenters. The molecule has 0 aliphatic carbocycles. The number of amides is 2. The molecule has 1 heterocycles. The van der Waals surface area contributed by atoms with E-state index in [0.29, 0.717) is 25.3 Å². The fourth-order valence-corrected chi connectivity index (χ4v) is 1.80. The number of benzene rings is 1. The maximum Gasteiger partial charge on any atom is 0.387 e. The van der Waals surface area contributed by atoms with E-state index in [1.807, 2.05) is 0 Å². The minimum atomic E-state index is -2.83. The molecule has 22 heavy (non-hydrogen) atoms. The van der Waals surface area contributed by atoms with Crippen molar-refractivity contribution in [2.45, 2.75) is 19.6 Å². The number of hydrogen-bond acceptors (Lipinski definition) is 3. The summed E-state index contributed by atoms with van der Waals surface area (Å²) in [5.74, 6) is 0.785. The maximum atomic E-state index is 12.0. The molecule has 2 amide bonds. The van der Waals surface area contributed by atoms with Crippen molar-refractivity contribution in [1.29, 1.82) is 0 Å². The van der Waals surface area contributed by atoms with Gasteiger partial charge in [-0.1, -0.05) is 12.1 Å². The van der Waals surface area contributed by atoms with Crippen LogP contribution in [0.25, 0.3) is 0 Å².